The Bertz CT molecular complexity index is 493. The molecule has 0 atom stereocenters. The molecule has 0 unspecified atom stereocenters. The van der Waals surface area contributed by atoms with E-state index in [-0.39, 0.29) is 24.7 Å². The molecular formula is C14H25ClF2N4O. The molecule has 5 nitrogen and oxygen atoms in total. The summed E-state index contributed by atoms with van der Waals surface area (Å²) in [6.07, 6.45) is 1.48. The summed E-state index contributed by atoms with van der Waals surface area (Å²) in [4.78, 5) is 12.2. The summed E-state index contributed by atoms with van der Waals surface area (Å²) >= 11 is 0. The molecule has 1 amide bonds. The van der Waals surface area contributed by atoms with E-state index in [0.29, 0.717) is 28.2 Å². The van der Waals surface area contributed by atoms with Crippen LogP contribution in [-0.4, -0.2) is 27.8 Å². The standard InChI is InChI=1S/C14H24F2N4O.ClH/c1-5-14(6-2,8-17)18-12(21)7-11-9(3)19-20(10(11)4)13(15)16;/h13H,5-8,17H2,1-4H3,(H,18,21);1H. The predicted octanol–water partition coefficient (Wildman–Crippen LogP) is 2.49. The lowest BCUT2D eigenvalue weighted by molar-refractivity contribution is -0.122. The number of hydrogen-bond donors (Lipinski definition) is 2. The van der Waals surface area contributed by atoms with Gasteiger partial charge in [-0.2, -0.15) is 13.9 Å². The van der Waals surface area contributed by atoms with Crippen LogP contribution in [0.3, 0.4) is 0 Å². The Kier molecular flexibility index (Phi) is 7.97. The summed E-state index contributed by atoms with van der Waals surface area (Å²) in [5, 5.41) is 6.71. The highest BCUT2D eigenvalue weighted by atomic mass is 35.5. The van der Waals surface area contributed by atoms with Crippen molar-refractivity contribution >= 4 is 18.3 Å². The lowest BCUT2D eigenvalue weighted by Crippen LogP contribution is -2.53. The van der Waals surface area contributed by atoms with E-state index >= 15 is 0 Å². The largest absolute Gasteiger partial charge is 0.349 e. The molecule has 0 saturated heterocycles. The third kappa shape index (κ3) is 4.39. The molecule has 0 bridgehead atoms. The van der Waals surface area contributed by atoms with Crippen LogP contribution in [0.1, 0.15) is 50.2 Å². The van der Waals surface area contributed by atoms with Gasteiger partial charge in [-0.3, -0.25) is 4.79 Å². The smallest absolute Gasteiger partial charge is 0.333 e. The summed E-state index contributed by atoms with van der Waals surface area (Å²) in [6.45, 7) is 4.74. The van der Waals surface area contributed by atoms with Gasteiger partial charge in [0, 0.05) is 17.8 Å². The quantitative estimate of drug-likeness (QED) is 0.802. The van der Waals surface area contributed by atoms with Gasteiger partial charge in [0.15, 0.2) is 0 Å². The van der Waals surface area contributed by atoms with Gasteiger partial charge in [0.1, 0.15) is 0 Å². The predicted molar refractivity (Wildman–Crippen MR) is 84.4 cm³/mol. The normalized spacial score (nSPS) is 11.5. The van der Waals surface area contributed by atoms with Crippen molar-refractivity contribution in [3.63, 3.8) is 0 Å². The van der Waals surface area contributed by atoms with Gasteiger partial charge in [-0.1, -0.05) is 13.8 Å². The Morgan fingerprint density at radius 3 is 2.27 bits per heavy atom. The molecule has 1 aromatic rings. The van der Waals surface area contributed by atoms with Crippen LogP contribution in [0, 0.1) is 13.8 Å². The number of alkyl halides is 2. The zero-order valence-corrected chi connectivity index (χ0v) is 14.3. The Hall–Kier alpha value is -1.21. The van der Waals surface area contributed by atoms with Crippen molar-refractivity contribution in [2.45, 2.75) is 59.0 Å². The maximum Gasteiger partial charge on any atom is 0.333 e. The van der Waals surface area contributed by atoms with Crippen LogP contribution in [0.5, 0.6) is 0 Å². The van der Waals surface area contributed by atoms with Crippen molar-refractivity contribution in [2.75, 3.05) is 6.54 Å². The molecule has 8 heteroatoms. The number of aryl methyl sites for hydroxylation is 1. The second-order valence-electron chi connectivity index (χ2n) is 5.29. The number of hydrogen-bond acceptors (Lipinski definition) is 3. The number of carbonyl (C=O) groups is 1. The van der Waals surface area contributed by atoms with Crippen molar-refractivity contribution in [3.8, 4) is 0 Å². The molecule has 3 N–H and O–H groups in total. The minimum atomic E-state index is -2.70. The van der Waals surface area contributed by atoms with E-state index < -0.39 is 12.1 Å². The first kappa shape index (κ1) is 20.8. The van der Waals surface area contributed by atoms with E-state index in [0.717, 1.165) is 12.8 Å². The van der Waals surface area contributed by atoms with Gasteiger partial charge in [0.05, 0.1) is 17.7 Å². The molecule has 0 aromatic carbocycles. The first-order valence-corrected chi connectivity index (χ1v) is 7.14. The van der Waals surface area contributed by atoms with Gasteiger partial charge in [-0.15, -0.1) is 12.4 Å². The zero-order valence-electron chi connectivity index (χ0n) is 13.4. The number of aromatic nitrogens is 2. The van der Waals surface area contributed by atoms with Crippen molar-refractivity contribution in [1.29, 1.82) is 0 Å². The van der Waals surface area contributed by atoms with Crippen LogP contribution in [-0.2, 0) is 11.2 Å². The fraction of sp³-hybridized carbons (Fsp3) is 0.714. The molecule has 0 radical (unpaired) electrons. The Morgan fingerprint density at radius 2 is 1.91 bits per heavy atom. The van der Waals surface area contributed by atoms with Gasteiger partial charge in [-0.25, -0.2) is 4.68 Å². The number of nitrogens with two attached hydrogens (primary N) is 1. The highest BCUT2D eigenvalue weighted by molar-refractivity contribution is 5.85. The highest BCUT2D eigenvalue weighted by Gasteiger charge is 2.27. The van der Waals surface area contributed by atoms with E-state index in [9.17, 15) is 13.6 Å². The minimum absolute atomic E-state index is 0. The average Bonchev–Trinajstić information content (AvgIpc) is 2.73. The van der Waals surface area contributed by atoms with Gasteiger partial charge >= 0.3 is 6.55 Å². The number of amides is 1. The second kappa shape index (κ2) is 8.43. The summed E-state index contributed by atoms with van der Waals surface area (Å²) < 4.78 is 26.2. The molecule has 0 aliphatic rings. The fourth-order valence-corrected chi connectivity index (χ4v) is 2.41. The first-order valence-electron chi connectivity index (χ1n) is 7.14. The molecule has 1 aromatic heterocycles. The minimum Gasteiger partial charge on any atom is -0.349 e. The van der Waals surface area contributed by atoms with Crippen LogP contribution in [0.15, 0.2) is 0 Å². The molecule has 0 spiro atoms. The number of halogens is 3. The summed E-state index contributed by atoms with van der Waals surface area (Å²) in [5.41, 5.74) is 6.63. The third-order valence-corrected chi connectivity index (χ3v) is 4.15. The molecule has 1 rings (SSSR count). The van der Waals surface area contributed by atoms with Crippen LogP contribution in [0.4, 0.5) is 8.78 Å². The maximum absolute atomic E-state index is 12.8. The van der Waals surface area contributed by atoms with Crippen molar-refractivity contribution in [3.05, 3.63) is 17.0 Å². The SMILES string of the molecule is CCC(CC)(CN)NC(=O)Cc1c(C)nn(C(F)F)c1C.Cl. The summed E-state index contributed by atoms with van der Waals surface area (Å²) in [5.74, 6) is -0.218. The first-order chi connectivity index (χ1) is 9.80. The lowest BCUT2D eigenvalue weighted by atomic mass is 9.92. The van der Waals surface area contributed by atoms with Gasteiger partial charge in [0.2, 0.25) is 5.91 Å². The van der Waals surface area contributed by atoms with Gasteiger partial charge in [-0.05, 0) is 26.7 Å². The molecule has 22 heavy (non-hydrogen) atoms. The van der Waals surface area contributed by atoms with E-state index in [1.165, 1.54) is 0 Å². The van der Waals surface area contributed by atoms with Gasteiger partial charge < -0.3 is 11.1 Å². The number of nitrogens with one attached hydrogen (secondary N) is 1. The Balaban J connectivity index is 0.00000441. The molecule has 1 heterocycles. The third-order valence-electron chi connectivity index (χ3n) is 4.15. The zero-order chi connectivity index (χ0) is 16.2. The number of rotatable bonds is 7. The molecule has 128 valence electrons. The molecule has 0 aliphatic carbocycles. The Morgan fingerprint density at radius 1 is 1.36 bits per heavy atom. The van der Waals surface area contributed by atoms with Crippen LogP contribution >= 0.6 is 12.4 Å². The highest BCUT2D eigenvalue weighted by Crippen LogP contribution is 2.20. The Labute approximate surface area is 136 Å². The molecule has 0 saturated carbocycles. The van der Waals surface area contributed by atoms with Crippen LogP contribution < -0.4 is 11.1 Å². The summed E-state index contributed by atoms with van der Waals surface area (Å²) in [6, 6.07) is 0. The molecule has 0 fully saturated rings. The topological polar surface area (TPSA) is 72.9 Å². The maximum atomic E-state index is 12.8. The molecular weight excluding hydrogens is 314 g/mol. The number of carbonyl (C=O) groups excluding carboxylic acids is 1. The second-order valence-corrected chi connectivity index (χ2v) is 5.29. The van der Waals surface area contributed by atoms with Crippen molar-refractivity contribution in [1.82, 2.24) is 15.1 Å². The van der Waals surface area contributed by atoms with E-state index in [1.54, 1.807) is 13.8 Å². The van der Waals surface area contributed by atoms with Crippen LogP contribution in [0.25, 0.3) is 0 Å². The van der Waals surface area contributed by atoms with E-state index in [2.05, 4.69) is 10.4 Å². The van der Waals surface area contributed by atoms with Gasteiger partial charge in [0.25, 0.3) is 0 Å². The molecule has 0 aliphatic heterocycles. The van der Waals surface area contributed by atoms with Crippen LogP contribution in [0.2, 0.25) is 0 Å². The number of nitrogens with zero attached hydrogens (tertiary/aromatic N) is 2. The van der Waals surface area contributed by atoms with Crippen molar-refractivity contribution < 1.29 is 13.6 Å². The average molecular weight is 339 g/mol. The lowest BCUT2D eigenvalue weighted by Gasteiger charge is -2.31. The van der Waals surface area contributed by atoms with E-state index in [4.69, 9.17) is 5.73 Å². The van der Waals surface area contributed by atoms with Crippen molar-refractivity contribution in [2.24, 2.45) is 5.73 Å². The summed E-state index contributed by atoms with van der Waals surface area (Å²) in [7, 11) is 0. The van der Waals surface area contributed by atoms with E-state index in [1.807, 2.05) is 13.8 Å². The monoisotopic (exact) mass is 338 g/mol. The fourth-order valence-electron chi connectivity index (χ4n) is 2.41.